The topological polar surface area (TPSA) is 94.0 Å². The number of aromatic nitrogens is 3. The lowest BCUT2D eigenvalue weighted by molar-refractivity contribution is 0.0698. The molecule has 0 aliphatic heterocycles. The molecule has 0 saturated carbocycles. The number of aryl methyl sites for hydroxylation is 1. The monoisotopic (exact) mass is 264 g/mol. The summed E-state index contributed by atoms with van der Waals surface area (Å²) in [4.78, 5) is 11.7. The smallest absolute Gasteiger partial charge is 0.337 e. The first-order valence-electron chi connectivity index (χ1n) is 5.15. The van der Waals surface area contributed by atoms with E-state index in [-0.39, 0.29) is 11.3 Å². The van der Waals surface area contributed by atoms with Crippen molar-refractivity contribution < 1.29 is 9.90 Å². The van der Waals surface area contributed by atoms with Gasteiger partial charge in [-0.2, -0.15) is 0 Å². The third-order valence-electron chi connectivity index (χ3n) is 2.52. The predicted molar refractivity (Wildman–Crippen MR) is 67.7 cm³/mol. The molecule has 0 atom stereocenters. The molecule has 0 saturated heterocycles. The molecule has 0 spiro atoms. The number of hydrogen-bond acceptors (Lipinski definition) is 5. The Hall–Kier alpha value is -2.02. The van der Waals surface area contributed by atoms with Gasteiger partial charge in [-0.05, 0) is 36.9 Å². The number of anilines is 1. The van der Waals surface area contributed by atoms with Crippen molar-refractivity contribution in [3.8, 4) is 0 Å². The zero-order valence-electron chi connectivity index (χ0n) is 9.91. The molecule has 2 aromatic rings. The summed E-state index contributed by atoms with van der Waals surface area (Å²) in [6.45, 7) is 1.86. The molecular weight excluding hydrogens is 252 g/mol. The molecule has 1 heterocycles. The first-order valence-corrected chi connectivity index (χ1v) is 5.97. The minimum Gasteiger partial charge on any atom is -0.478 e. The lowest BCUT2D eigenvalue weighted by Gasteiger charge is -2.04. The second-order valence-corrected chi connectivity index (χ2v) is 4.79. The summed E-state index contributed by atoms with van der Waals surface area (Å²) >= 11 is 1.39. The van der Waals surface area contributed by atoms with Crippen molar-refractivity contribution in [1.82, 2.24) is 14.8 Å². The standard InChI is InChI=1S/C11H12N4O2S/c1-6-13-14-11(15(6)2)18-7-3-4-8(10(16)17)9(12)5-7/h3-5H,12H2,1-2H3,(H,16,17). The first-order chi connectivity index (χ1) is 8.49. The molecule has 0 radical (unpaired) electrons. The number of carboxylic acids is 1. The van der Waals surface area contributed by atoms with E-state index < -0.39 is 5.97 Å². The van der Waals surface area contributed by atoms with Gasteiger partial charge in [0.05, 0.1) is 5.56 Å². The van der Waals surface area contributed by atoms with Crippen LogP contribution in [0.3, 0.4) is 0 Å². The fourth-order valence-electron chi connectivity index (χ4n) is 1.38. The normalized spacial score (nSPS) is 10.6. The highest BCUT2D eigenvalue weighted by molar-refractivity contribution is 7.99. The number of carbonyl (C=O) groups is 1. The van der Waals surface area contributed by atoms with E-state index in [1.165, 1.54) is 17.8 Å². The van der Waals surface area contributed by atoms with Crippen molar-refractivity contribution in [2.75, 3.05) is 5.73 Å². The summed E-state index contributed by atoms with van der Waals surface area (Å²) in [7, 11) is 1.87. The van der Waals surface area contributed by atoms with Gasteiger partial charge in [-0.1, -0.05) is 0 Å². The molecule has 6 nitrogen and oxygen atoms in total. The minimum atomic E-state index is -1.03. The fourth-order valence-corrected chi connectivity index (χ4v) is 2.26. The molecule has 0 aliphatic carbocycles. The molecule has 3 N–H and O–H groups in total. The van der Waals surface area contributed by atoms with Gasteiger partial charge in [0.2, 0.25) is 0 Å². The van der Waals surface area contributed by atoms with E-state index in [0.717, 1.165) is 15.9 Å². The van der Waals surface area contributed by atoms with Crippen LogP contribution in [-0.2, 0) is 7.05 Å². The van der Waals surface area contributed by atoms with Gasteiger partial charge in [-0.15, -0.1) is 10.2 Å². The maximum atomic E-state index is 10.8. The molecule has 1 aromatic heterocycles. The van der Waals surface area contributed by atoms with Crippen molar-refractivity contribution in [1.29, 1.82) is 0 Å². The summed E-state index contributed by atoms with van der Waals surface area (Å²) < 4.78 is 1.85. The van der Waals surface area contributed by atoms with Gasteiger partial charge in [0.1, 0.15) is 5.82 Å². The van der Waals surface area contributed by atoms with Crippen LogP contribution < -0.4 is 5.73 Å². The molecule has 1 aromatic carbocycles. The maximum Gasteiger partial charge on any atom is 0.337 e. The number of nitrogens with two attached hydrogens (primary N) is 1. The van der Waals surface area contributed by atoms with E-state index in [2.05, 4.69) is 10.2 Å². The minimum absolute atomic E-state index is 0.105. The number of hydrogen-bond donors (Lipinski definition) is 2. The van der Waals surface area contributed by atoms with Crippen molar-refractivity contribution in [3.63, 3.8) is 0 Å². The summed E-state index contributed by atoms with van der Waals surface area (Å²) in [6.07, 6.45) is 0. The number of aromatic carboxylic acids is 1. The Morgan fingerprint density at radius 2 is 2.17 bits per heavy atom. The van der Waals surface area contributed by atoms with Gasteiger partial charge in [0.15, 0.2) is 5.16 Å². The number of benzene rings is 1. The van der Waals surface area contributed by atoms with Gasteiger partial charge in [0.25, 0.3) is 0 Å². The van der Waals surface area contributed by atoms with Crippen LogP contribution in [0.2, 0.25) is 0 Å². The van der Waals surface area contributed by atoms with Gasteiger partial charge in [-0.3, -0.25) is 0 Å². The molecular formula is C11H12N4O2S. The van der Waals surface area contributed by atoms with Crippen molar-refractivity contribution in [2.45, 2.75) is 17.0 Å². The zero-order valence-corrected chi connectivity index (χ0v) is 10.7. The second kappa shape index (κ2) is 4.69. The van der Waals surface area contributed by atoms with Crippen LogP contribution in [0.4, 0.5) is 5.69 Å². The number of nitrogens with zero attached hydrogens (tertiary/aromatic N) is 3. The van der Waals surface area contributed by atoms with E-state index in [9.17, 15) is 4.79 Å². The largest absolute Gasteiger partial charge is 0.478 e. The third-order valence-corrected chi connectivity index (χ3v) is 3.54. The Morgan fingerprint density at radius 1 is 1.44 bits per heavy atom. The van der Waals surface area contributed by atoms with Crippen LogP contribution in [0, 0.1) is 6.92 Å². The van der Waals surface area contributed by atoms with E-state index in [4.69, 9.17) is 10.8 Å². The number of rotatable bonds is 3. The van der Waals surface area contributed by atoms with E-state index in [1.807, 2.05) is 18.5 Å². The quantitative estimate of drug-likeness (QED) is 0.817. The fraction of sp³-hybridized carbons (Fsp3) is 0.182. The average Bonchev–Trinajstić information content (AvgIpc) is 2.61. The Balaban J connectivity index is 2.28. The maximum absolute atomic E-state index is 10.8. The summed E-state index contributed by atoms with van der Waals surface area (Å²) in [5, 5.41) is 17.6. The average molecular weight is 264 g/mol. The van der Waals surface area contributed by atoms with Gasteiger partial charge < -0.3 is 15.4 Å². The highest BCUT2D eigenvalue weighted by Crippen LogP contribution is 2.28. The molecule has 0 unspecified atom stereocenters. The molecule has 0 aliphatic rings. The summed E-state index contributed by atoms with van der Waals surface area (Å²) in [6, 6.07) is 4.82. The van der Waals surface area contributed by atoms with Crippen molar-refractivity contribution in [3.05, 3.63) is 29.6 Å². The van der Waals surface area contributed by atoms with Crippen LogP contribution >= 0.6 is 11.8 Å². The lowest BCUT2D eigenvalue weighted by atomic mass is 10.2. The molecule has 18 heavy (non-hydrogen) atoms. The van der Waals surface area contributed by atoms with Crippen LogP contribution in [0.5, 0.6) is 0 Å². The van der Waals surface area contributed by atoms with Crippen LogP contribution in [0.15, 0.2) is 28.3 Å². The summed E-state index contributed by atoms with van der Waals surface area (Å²) in [5.74, 6) is -0.216. The van der Waals surface area contributed by atoms with Crippen molar-refractivity contribution in [2.24, 2.45) is 7.05 Å². The third kappa shape index (κ3) is 2.30. The molecule has 0 fully saturated rings. The molecule has 0 bridgehead atoms. The van der Waals surface area contributed by atoms with E-state index in [0.29, 0.717) is 0 Å². The Morgan fingerprint density at radius 3 is 2.67 bits per heavy atom. The number of carboxylic acid groups (broad SMARTS) is 1. The van der Waals surface area contributed by atoms with Crippen LogP contribution in [0.25, 0.3) is 0 Å². The van der Waals surface area contributed by atoms with Gasteiger partial charge >= 0.3 is 5.97 Å². The van der Waals surface area contributed by atoms with E-state index in [1.54, 1.807) is 12.1 Å². The highest BCUT2D eigenvalue weighted by atomic mass is 32.2. The van der Waals surface area contributed by atoms with Gasteiger partial charge in [-0.25, -0.2) is 4.79 Å². The van der Waals surface area contributed by atoms with Crippen LogP contribution in [0.1, 0.15) is 16.2 Å². The van der Waals surface area contributed by atoms with Gasteiger partial charge in [0, 0.05) is 17.6 Å². The summed E-state index contributed by atoms with van der Waals surface area (Å²) in [5.41, 5.74) is 6.03. The lowest BCUT2D eigenvalue weighted by Crippen LogP contribution is -2.02. The zero-order chi connectivity index (χ0) is 13.3. The Labute approximate surface area is 108 Å². The highest BCUT2D eigenvalue weighted by Gasteiger charge is 2.11. The second-order valence-electron chi connectivity index (χ2n) is 3.75. The molecule has 94 valence electrons. The van der Waals surface area contributed by atoms with E-state index >= 15 is 0 Å². The molecule has 7 heteroatoms. The molecule has 0 amide bonds. The Bertz CT molecular complexity index is 609. The molecule has 2 rings (SSSR count). The first kappa shape index (κ1) is 12.4. The van der Waals surface area contributed by atoms with Crippen molar-refractivity contribution >= 4 is 23.4 Å². The number of nitrogen functional groups attached to an aromatic ring is 1. The van der Waals surface area contributed by atoms with Crippen LogP contribution in [-0.4, -0.2) is 25.8 Å². The predicted octanol–water partition coefficient (Wildman–Crippen LogP) is 1.56. The SMILES string of the molecule is Cc1nnc(Sc2ccc(C(=O)O)c(N)c2)n1C. The Kier molecular flexibility index (Phi) is 3.24.